The minimum absolute atomic E-state index is 0.0174. The van der Waals surface area contributed by atoms with Gasteiger partial charge in [-0.1, -0.05) is 13.8 Å². The van der Waals surface area contributed by atoms with Gasteiger partial charge >= 0.3 is 5.97 Å². The van der Waals surface area contributed by atoms with Gasteiger partial charge in [-0.25, -0.2) is 9.78 Å². The Balaban J connectivity index is 2.83. The highest BCUT2D eigenvalue weighted by atomic mass is 16.5. The number of carbonyl (C=O) groups is 1. The van der Waals surface area contributed by atoms with Gasteiger partial charge in [0.05, 0.1) is 24.1 Å². The zero-order valence-corrected chi connectivity index (χ0v) is 8.73. The molecule has 1 aromatic heterocycles. The maximum atomic E-state index is 10.7. The molecule has 82 valence electrons. The fourth-order valence-electron chi connectivity index (χ4n) is 0.963. The third-order valence-electron chi connectivity index (χ3n) is 1.70. The van der Waals surface area contributed by atoms with Crippen LogP contribution in [0.15, 0.2) is 12.3 Å². The van der Waals surface area contributed by atoms with E-state index < -0.39 is 5.97 Å². The first-order valence-electron chi connectivity index (χ1n) is 4.62. The van der Waals surface area contributed by atoms with Crippen molar-refractivity contribution in [3.05, 3.63) is 17.8 Å². The number of nitrogen functional groups attached to an aromatic ring is 1. The van der Waals surface area contributed by atoms with E-state index in [9.17, 15) is 4.79 Å². The summed E-state index contributed by atoms with van der Waals surface area (Å²) in [5.41, 5.74) is 5.60. The van der Waals surface area contributed by atoms with E-state index >= 15 is 0 Å². The van der Waals surface area contributed by atoms with E-state index in [-0.39, 0.29) is 17.1 Å². The van der Waals surface area contributed by atoms with Crippen LogP contribution in [0.5, 0.6) is 5.88 Å². The molecule has 0 atom stereocenters. The molecule has 0 bridgehead atoms. The number of aromatic carboxylic acids is 1. The van der Waals surface area contributed by atoms with Crippen LogP contribution in [0, 0.1) is 5.92 Å². The van der Waals surface area contributed by atoms with Crippen molar-refractivity contribution in [3.63, 3.8) is 0 Å². The summed E-state index contributed by atoms with van der Waals surface area (Å²) in [4.78, 5) is 14.6. The van der Waals surface area contributed by atoms with Crippen LogP contribution in [0.3, 0.4) is 0 Å². The first kappa shape index (κ1) is 11.3. The molecule has 5 heteroatoms. The zero-order valence-electron chi connectivity index (χ0n) is 8.73. The molecule has 0 unspecified atom stereocenters. The van der Waals surface area contributed by atoms with Gasteiger partial charge in [0.1, 0.15) is 0 Å². The van der Waals surface area contributed by atoms with Crippen LogP contribution in [0.4, 0.5) is 5.69 Å². The van der Waals surface area contributed by atoms with Crippen LogP contribution in [-0.2, 0) is 0 Å². The van der Waals surface area contributed by atoms with Crippen molar-refractivity contribution in [2.75, 3.05) is 12.3 Å². The number of pyridine rings is 1. The SMILES string of the molecule is CC(C)COc1cc(C(=O)O)c(N)cn1. The van der Waals surface area contributed by atoms with Crippen LogP contribution < -0.4 is 10.5 Å². The molecule has 0 aliphatic heterocycles. The summed E-state index contributed by atoms with van der Waals surface area (Å²) in [6, 6.07) is 1.33. The smallest absolute Gasteiger partial charge is 0.338 e. The highest BCUT2D eigenvalue weighted by Gasteiger charge is 2.10. The molecule has 0 saturated carbocycles. The lowest BCUT2D eigenvalue weighted by molar-refractivity contribution is 0.0697. The van der Waals surface area contributed by atoms with Crippen LogP contribution >= 0.6 is 0 Å². The Morgan fingerprint density at radius 1 is 1.67 bits per heavy atom. The lowest BCUT2D eigenvalue weighted by atomic mass is 10.2. The molecule has 5 nitrogen and oxygen atoms in total. The first-order valence-corrected chi connectivity index (χ1v) is 4.62. The van der Waals surface area contributed by atoms with E-state index in [1.54, 1.807) is 0 Å². The van der Waals surface area contributed by atoms with Gasteiger partial charge in [-0.15, -0.1) is 0 Å². The number of aromatic nitrogens is 1. The Labute approximate surface area is 87.9 Å². The Hall–Kier alpha value is -1.78. The van der Waals surface area contributed by atoms with Crippen molar-refractivity contribution in [1.29, 1.82) is 0 Å². The fourth-order valence-corrected chi connectivity index (χ4v) is 0.963. The predicted molar refractivity (Wildman–Crippen MR) is 55.9 cm³/mol. The van der Waals surface area contributed by atoms with Crippen molar-refractivity contribution in [2.45, 2.75) is 13.8 Å². The number of hydrogen-bond acceptors (Lipinski definition) is 4. The summed E-state index contributed by atoms with van der Waals surface area (Å²) in [6.45, 7) is 4.49. The minimum atomic E-state index is -1.08. The first-order chi connectivity index (χ1) is 7.00. The normalized spacial score (nSPS) is 10.3. The van der Waals surface area contributed by atoms with Crippen LogP contribution in [0.1, 0.15) is 24.2 Å². The molecular formula is C10H14N2O3. The van der Waals surface area contributed by atoms with E-state index in [1.807, 2.05) is 13.8 Å². The molecule has 0 amide bonds. The number of rotatable bonds is 4. The summed E-state index contributed by atoms with van der Waals surface area (Å²) in [7, 11) is 0. The third kappa shape index (κ3) is 3.12. The molecule has 15 heavy (non-hydrogen) atoms. The lowest BCUT2D eigenvalue weighted by Crippen LogP contribution is -2.08. The standard InChI is InChI=1S/C10H14N2O3/c1-6(2)5-15-9-3-7(10(13)14)8(11)4-12-9/h3-4,6H,5,11H2,1-2H3,(H,13,14). The molecule has 0 saturated heterocycles. The van der Waals surface area contributed by atoms with Gasteiger partial charge in [0, 0.05) is 6.07 Å². The second-order valence-electron chi connectivity index (χ2n) is 3.62. The van der Waals surface area contributed by atoms with E-state index in [0.717, 1.165) is 0 Å². The number of hydrogen-bond donors (Lipinski definition) is 2. The zero-order chi connectivity index (χ0) is 11.4. The molecule has 0 aromatic carbocycles. The van der Waals surface area contributed by atoms with Crippen molar-refractivity contribution in [2.24, 2.45) is 5.92 Å². The molecule has 0 radical (unpaired) electrons. The molecule has 1 heterocycles. The van der Waals surface area contributed by atoms with Crippen LogP contribution in [0.2, 0.25) is 0 Å². The molecule has 0 spiro atoms. The highest BCUT2D eigenvalue weighted by molar-refractivity contribution is 5.93. The van der Waals surface area contributed by atoms with Crippen molar-refractivity contribution in [3.8, 4) is 5.88 Å². The van der Waals surface area contributed by atoms with Gasteiger partial charge < -0.3 is 15.6 Å². The molecule has 1 rings (SSSR count). The van der Waals surface area contributed by atoms with E-state index in [1.165, 1.54) is 12.3 Å². The summed E-state index contributed by atoms with van der Waals surface area (Å²) in [5.74, 6) is -0.433. The summed E-state index contributed by atoms with van der Waals surface area (Å²) in [5, 5.41) is 8.80. The minimum Gasteiger partial charge on any atom is -0.478 e. The Kier molecular flexibility index (Phi) is 3.49. The van der Waals surface area contributed by atoms with Crippen molar-refractivity contribution >= 4 is 11.7 Å². The topological polar surface area (TPSA) is 85.4 Å². The average Bonchev–Trinajstić information content (AvgIpc) is 2.16. The number of ether oxygens (including phenoxy) is 1. The largest absolute Gasteiger partial charge is 0.478 e. The quantitative estimate of drug-likeness (QED) is 0.784. The summed E-state index contributed by atoms with van der Waals surface area (Å²) >= 11 is 0. The Morgan fingerprint density at radius 3 is 2.87 bits per heavy atom. The van der Waals surface area contributed by atoms with Gasteiger partial charge in [-0.3, -0.25) is 0 Å². The monoisotopic (exact) mass is 210 g/mol. The van der Waals surface area contributed by atoms with Gasteiger partial charge in [0.25, 0.3) is 0 Å². The van der Waals surface area contributed by atoms with Crippen LogP contribution in [0.25, 0.3) is 0 Å². The molecular weight excluding hydrogens is 196 g/mol. The Morgan fingerprint density at radius 2 is 2.33 bits per heavy atom. The average molecular weight is 210 g/mol. The molecule has 3 N–H and O–H groups in total. The number of nitrogens with two attached hydrogens (primary N) is 1. The van der Waals surface area contributed by atoms with Crippen molar-refractivity contribution < 1.29 is 14.6 Å². The number of anilines is 1. The van der Waals surface area contributed by atoms with Crippen LogP contribution in [-0.4, -0.2) is 22.7 Å². The van der Waals surface area contributed by atoms with Gasteiger partial charge in [-0.2, -0.15) is 0 Å². The number of carboxylic acid groups (broad SMARTS) is 1. The van der Waals surface area contributed by atoms with E-state index in [4.69, 9.17) is 15.6 Å². The van der Waals surface area contributed by atoms with Crippen molar-refractivity contribution in [1.82, 2.24) is 4.98 Å². The second kappa shape index (κ2) is 4.63. The van der Waals surface area contributed by atoms with Gasteiger partial charge in [-0.05, 0) is 5.92 Å². The molecule has 1 aromatic rings. The third-order valence-corrected chi connectivity index (χ3v) is 1.70. The maximum absolute atomic E-state index is 10.7. The predicted octanol–water partition coefficient (Wildman–Crippen LogP) is 1.40. The summed E-state index contributed by atoms with van der Waals surface area (Å²) < 4.78 is 5.28. The van der Waals surface area contributed by atoms with Gasteiger partial charge in [0.2, 0.25) is 5.88 Å². The fraction of sp³-hybridized carbons (Fsp3) is 0.400. The molecule has 0 fully saturated rings. The number of carboxylic acids is 1. The number of nitrogens with zero attached hydrogens (tertiary/aromatic N) is 1. The second-order valence-corrected chi connectivity index (χ2v) is 3.62. The maximum Gasteiger partial charge on any atom is 0.338 e. The lowest BCUT2D eigenvalue weighted by Gasteiger charge is -2.08. The highest BCUT2D eigenvalue weighted by Crippen LogP contribution is 2.16. The Bertz CT molecular complexity index is 364. The van der Waals surface area contributed by atoms with E-state index in [0.29, 0.717) is 12.5 Å². The van der Waals surface area contributed by atoms with Gasteiger partial charge in [0.15, 0.2) is 0 Å². The molecule has 0 aliphatic carbocycles. The molecule has 0 aliphatic rings. The summed E-state index contributed by atoms with van der Waals surface area (Å²) in [6.07, 6.45) is 1.29. The van der Waals surface area contributed by atoms with E-state index in [2.05, 4.69) is 4.98 Å².